The van der Waals surface area contributed by atoms with Gasteiger partial charge in [0, 0.05) is 24.4 Å². The molecule has 2 N–H and O–H groups in total. The van der Waals surface area contributed by atoms with Gasteiger partial charge in [-0.3, -0.25) is 4.79 Å². The van der Waals surface area contributed by atoms with E-state index < -0.39 is 0 Å². The summed E-state index contributed by atoms with van der Waals surface area (Å²) in [5.74, 6) is 1.51. The van der Waals surface area contributed by atoms with Crippen molar-refractivity contribution in [3.05, 3.63) is 53.8 Å². The van der Waals surface area contributed by atoms with Crippen LogP contribution in [-0.2, 0) is 6.54 Å². The number of carbonyl (C=O) groups is 1. The molecule has 3 aromatic rings. The van der Waals surface area contributed by atoms with Crippen LogP contribution in [0.3, 0.4) is 0 Å². The largest absolute Gasteiger partial charge is 0.344 e. The van der Waals surface area contributed by atoms with E-state index in [2.05, 4.69) is 44.2 Å². The van der Waals surface area contributed by atoms with Gasteiger partial charge in [-0.1, -0.05) is 13.8 Å². The summed E-state index contributed by atoms with van der Waals surface area (Å²) < 4.78 is 1.61. The van der Waals surface area contributed by atoms with Crippen molar-refractivity contribution in [1.29, 1.82) is 0 Å². The van der Waals surface area contributed by atoms with Gasteiger partial charge in [0.2, 0.25) is 5.82 Å². The van der Waals surface area contributed by atoms with Gasteiger partial charge in [-0.15, -0.1) is 0 Å². The Labute approximate surface area is 139 Å². The van der Waals surface area contributed by atoms with Crippen molar-refractivity contribution in [2.45, 2.75) is 33.2 Å². The zero-order valence-corrected chi connectivity index (χ0v) is 13.8. The fourth-order valence-electron chi connectivity index (χ4n) is 2.14. The standard InChI is InChI=1S/C16H19N7O/c1-10(2)14-18-8-12(20-14)9-19-16(24)15-17-6-4-13(21-15)23-7-5-11(3)22-23/h4-8,10H,9H2,1-3H3,(H,18,20)(H,19,24). The van der Waals surface area contributed by atoms with E-state index in [0.717, 1.165) is 17.2 Å². The molecule has 0 bridgehead atoms. The maximum absolute atomic E-state index is 12.2. The third kappa shape index (κ3) is 3.48. The number of aryl methyl sites for hydroxylation is 1. The summed E-state index contributed by atoms with van der Waals surface area (Å²) in [6.45, 7) is 6.34. The zero-order valence-electron chi connectivity index (χ0n) is 13.8. The number of amides is 1. The molecule has 3 heterocycles. The first-order valence-electron chi connectivity index (χ1n) is 7.70. The van der Waals surface area contributed by atoms with Gasteiger partial charge in [0.25, 0.3) is 5.91 Å². The van der Waals surface area contributed by atoms with Crippen molar-refractivity contribution < 1.29 is 4.79 Å². The molecule has 0 saturated heterocycles. The normalized spacial score (nSPS) is 11.0. The highest BCUT2D eigenvalue weighted by Gasteiger charge is 2.12. The lowest BCUT2D eigenvalue weighted by atomic mass is 10.2. The van der Waals surface area contributed by atoms with Crippen molar-refractivity contribution in [1.82, 2.24) is 35.0 Å². The van der Waals surface area contributed by atoms with Crippen LogP contribution in [0.2, 0.25) is 0 Å². The number of aromatic nitrogens is 6. The van der Waals surface area contributed by atoms with Crippen LogP contribution >= 0.6 is 0 Å². The van der Waals surface area contributed by atoms with E-state index in [1.54, 1.807) is 29.3 Å². The van der Waals surface area contributed by atoms with E-state index in [0.29, 0.717) is 18.3 Å². The molecule has 0 aromatic carbocycles. The van der Waals surface area contributed by atoms with Crippen LogP contribution < -0.4 is 5.32 Å². The first-order chi connectivity index (χ1) is 11.5. The molecule has 0 unspecified atom stereocenters. The number of carbonyl (C=O) groups excluding carboxylic acids is 1. The van der Waals surface area contributed by atoms with Crippen LogP contribution in [0.15, 0.2) is 30.7 Å². The molecule has 0 spiro atoms. The van der Waals surface area contributed by atoms with Crippen molar-refractivity contribution >= 4 is 5.91 Å². The monoisotopic (exact) mass is 325 g/mol. The average Bonchev–Trinajstić information content (AvgIpc) is 3.22. The minimum atomic E-state index is -0.346. The molecule has 24 heavy (non-hydrogen) atoms. The predicted octanol–water partition coefficient (Wildman–Crippen LogP) is 1.75. The Morgan fingerprint density at radius 2 is 2.17 bits per heavy atom. The Bertz CT molecular complexity index is 849. The first-order valence-corrected chi connectivity index (χ1v) is 7.70. The zero-order chi connectivity index (χ0) is 17.1. The molecule has 0 fully saturated rings. The SMILES string of the molecule is Cc1ccn(-c2ccnc(C(=O)NCc3cnc(C(C)C)[nH]3)n2)n1. The summed E-state index contributed by atoms with van der Waals surface area (Å²) >= 11 is 0. The number of rotatable bonds is 5. The summed E-state index contributed by atoms with van der Waals surface area (Å²) in [4.78, 5) is 28.0. The van der Waals surface area contributed by atoms with Gasteiger partial charge < -0.3 is 10.3 Å². The third-order valence-electron chi connectivity index (χ3n) is 3.44. The van der Waals surface area contributed by atoms with E-state index >= 15 is 0 Å². The van der Waals surface area contributed by atoms with Gasteiger partial charge in [0.1, 0.15) is 5.82 Å². The quantitative estimate of drug-likeness (QED) is 0.744. The van der Waals surface area contributed by atoms with Gasteiger partial charge in [0.15, 0.2) is 5.82 Å². The van der Waals surface area contributed by atoms with E-state index in [-0.39, 0.29) is 11.7 Å². The highest BCUT2D eigenvalue weighted by Crippen LogP contribution is 2.09. The molecule has 0 aliphatic heterocycles. The second-order valence-electron chi connectivity index (χ2n) is 5.77. The number of hydrogen-bond acceptors (Lipinski definition) is 5. The number of aromatic amines is 1. The Morgan fingerprint density at radius 3 is 2.83 bits per heavy atom. The average molecular weight is 325 g/mol. The van der Waals surface area contributed by atoms with Gasteiger partial charge in [-0.25, -0.2) is 19.6 Å². The molecule has 3 aromatic heterocycles. The molecule has 0 aliphatic carbocycles. The Morgan fingerprint density at radius 1 is 1.33 bits per heavy atom. The van der Waals surface area contributed by atoms with Crippen molar-refractivity contribution in [2.75, 3.05) is 0 Å². The van der Waals surface area contributed by atoms with Crippen LogP contribution in [0, 0.1) is 6.92 Å². The summed E-state index contributed by atoms with van der Waals surface area (Å²) in [5.41, 5.74) is 1.71. The fourth-order valence-corrected chi connectivity index (χ4v) is 2.14. The van der Waals surface area contributed by atoms with E-state index in [9.17, 15) is 4.79 Å². The molecular weight excluding hydrogens is 306 g/mol. The van der Waals surface area contributed by atoms with E-state index in [4.69, 9.17) is 0 Å². The molecule has 0 saturated carbocycles. The molecule has 8 heteroatoms. The molecule has 124 valence electrons. The Hall–Kier alpha value is -3.03. The smallest absolute Gasteiger partial charge is 0.289 e. The maximum Gasteiger partial charge on any atom is 0.289 e. The minimum Gasteiger partial charge on any atom is -0.344 e. The fraction of sp³-hybridized carbons (Fsp3) is 0.312. The summed E-state index contributed by atoms with van der Waals surface area (Å²) in [7, 11) is 0. The number of imidazole rings is 1. The van der Waals surface area contributed by atoms with E-state index in [1.165, 1.54) is 0 Å². The van der Waals surface area contributed by atoms with Crippen molar-refractivity contribution in [3.8, 4) is 5.82 Å². The van der Waals surface area contributed by atoms with Gasteiger partial charge >= 0.3 is 0 Å². The molecule has 0 aliphatic rings. The van der Waals surface area contributed by atoms with Gasteiger partial charge in [-0.2, -0.15) is 5.10 Å². The second kappa shape index (κ2) is 6.61. The topological polar surface area (TPSA) is 101 Å². The van der Waals surface area contributed by atoms with E-state index in [1.807, 2.05) is 13.0 Å². The predicted molar refractivity (Wildman–Crippen MR) is 87.7 cm³/mol. The summed E-state index contributed by atoms with van der Waals surface area (Å²) in [6, 6.07) is 3.57. The van der Waals surface area contributed by atoms with Crippen LogP contribution in [0.5, 0.6) is 0 Å². The Balaban J connectivity index is 1.68. The second-order valence-corrected chi connectivity index (χ2v) is 5.77. The molecule has 3 rings (SSSR count). The molecule has 0 atom stereocenters. The lowest BCUT2D eigenvalue weighted by Gasteiger charge is -2.05. The van der Waals surface area contributed by atoms with Crippen LogP contribution in [0.1, 0.15) is 47.6 Å². The third-order valence-corrected chi connectivity index (χ3v) is 3.44. The number of H-pyrrole nitrogens is 1. The molecular formula is C16H19N7O. The number of hydrogen-bond donors (Lipinski definition) is 2. The summed E-state index contributed by atoms with van der Waals surface area (Å²) in [5, 5.41) is 7.06. The van der Waals surface area contributed by atoms with Crippen LogP contribution in [0.4, 0.5) is 0 Å². The highest BCUT2D eigenvalue weighted by atomic mass is 16.2. The first kappa shape index (κ1) is 15.9. The number of nitrogens with zero attached hydrogens (tertiary/aromatic N) is 5. The highest BCUT2D eigenvalue weighted by molar-refractivity contribution is 5.90. The van der Waals surface area contributed by atoms with Crippen molar-refractivity contribution in [2.24, 2.45) is 0 Å². The van der Waals surface area contributed by atoms with Gasteiger partial charge in [-0.05, 0) is 13.0 Å². The molecule has 0 radical (unpaired) electrons. The van der Waals surface area contributed by atoms with Crippen LogP contribution in [0.25, 0.3) is 5.82 Å². The summed E-state index contributed by atoms with van der Waals surface area (Å²) in [6.07, 6.45) is 5.05. The lowest BCUT2D eigenvalue weighted by molar-refractivity contribution is 0.0940. The minimum absolute atomic E-state index is 0.101. The number of nitrogens with one attached hydrogen (secondary N) is 2. The molecule has 8 nitrogen and oxygen atoms in total. The lowest BCUT2D eigenvalue weighted by Crippen LogP contribution is -2.25. The maximum atomic E-state index is 12.2. The van der Waals surface area contributed by atoms with Crippen LogP contribution in [-0.4, -0.2) is 35.6 Å². The molecule has 1 amide bonds. The van der Waals surface area contributed by atoms with Crippen molar-refractivity contribution in [3.63, 3.8) is 0 Å². The van der Waals surface area contributed by atoms with Gasteiger partial charge in [0.05, 0.1) is 24.1 Å². The Kier molecular flexibility index (Phi) is 4.37.